The second kappa shape index (κ2) is 9.00. The minimum Gasteiger partial charge on any atom is -0.0845 e. The molecule has 0 aromatic carbocycles. The Hall–Kier alpha value is 0.610. The molecule has 0 spiro atoms. The normalized spacial score (nSPS) is 43.8. The van der Waals surface area contributed by atoms with Gasteiger partial charge in [-0.1, -0.05) is 100 Å². The van der Waals surface area contributed by atoms with Crippen LogP contribution >= 0.6 is 34.8 Å². The van der Waals surface area contributed by atoms with Crippen molar-refractivity contribution in [3.05, 3.63) is 11.6 Å². The molecule has 0 nitrogen and oxygen atoms in total. The van der Waals surface area contributed by atoms with Crippen LogP contribution in [0, 0.1) is 52.3 Å². The molecule has 3 saturated carbocycles. The van der Waals surface area contributed by atoms with E-state index in [4.69, 9.17) is 34.8 Å². The number of allylic oxidation sites excluding steroid dienone is 2. The van der Waals surface area contributed by atoms with Gasteiger partial charge in [0.05, 0.1) is 0 Å². The maximum absolute atomic E-state index is 6.32. The Kier molecular flexibility index (Phi) is 7.18. The highest BCUT2D eigenvalue weighted by Crippen LogP contribution is 2.68. The van der Waals surface area contributed by atoms with Crippen LogP contribution in [-0.2, 0) is 0 Å². The van der Waals surface area contributed by atoms with E-state index >= 15 is 0 Å². The Bertz CT molecular complexity index is 676. The molecule has 4 unspecified atom stereocenters. The largest absolute Gasteiger partial charge is 0.193 e. The molecule has 0 saturated heterocycles. The van der Waals surface area contributed by atoms with Crippen molar-refractivity contribution in [1.82, 2.24) is 0 Å². The van der Waals surface area contributed by atoms with E-state index in [2.05, 4.69) is 40.7 Å². The van der Waals surface area contributed by atoms with E-state index in [1.807, 2.05) is 0 Å². The summed E-state index contributed by atoms with van der Waals surface area (Å²) in [5.41, 5.74) is 2.53. The number of alkyl halides is 3. The van der Waals surface area contributed by atoms with E-state index in [0.717, 1.165) is 48.3 Å². The number of hydrogen-bond donors (Lipinski definition) is 0. The summed E-state index contributed by atoms with van der Waals surface area (Å²) in [6, 6.07) is 0. The van der Waals surface area contributed by atoms with Crippen molar-refractivity contribution in [2.45, 2.75) is 109 Å². The Balaban J connectivity index is 1.49. The lowest BCUT2D eigenvalue weighted by atomic mass is 9.46. The summed E-state index contributed by atoms with van der Waals surface area (Å²) < 4.78 is -1.12. The molecule has 4 rings (SSSR count). The molecule has 178 valence electrons. The van der Waals surface area contributed by atoms with Gasteiger partial charge in [0, 0.05) is 5.92 Å². The lowest BCUT2D eigenvalue weighted by molar-refractivity contribution is -0.0526. The zero-order chi connectivity index (χ0) is 22.6. The minimum atomic E-state index is -1.12. The molecular weight excluding hydrogens is 443 g/mol. The fraction of sp³-hybridized carbons (Fsp3) is 0.929. The quantitative estimate of drug-likeness (QED) is 0.267. The molecular formula is C28H45Cl3. The topological polar surface area (TPSA) is 0 Å². The zero-order valence-electron chi connectivity index (χ0n) is 20.5. The SMILES string of the molecule is CC(C)CCC[C@@H](C)[C@H]1CCC2C3CC=C4CC(C(Cl)(Cl)Cl)CC[C@]4(C)C3CC[C@@]21C. The Morgan fingerprint density at radius 2 is 1.71 bits per heavy atom. The van der Waals surface area contributed by atoms with Crippen molar-refractivity contribution in [2.75, 3.05) is 0 Å². The van der Waals surface area contributed by atoms with Gasteiger partial charge >= 0.3 is 0 Å². The molecule has 4 aliphatic carbocycles. The maximum atomic E-state index is 6.32. The van der Waals surface area contributed by atoms with E-state index in [-0.39, 0.29) is 5.92 Å². The van der Waals surface area contributed by atoms with Crippen LogP contribution < -0.4 is 0 Å². The minimum absolute atomic E-state index is 0.185. The molecule has 4 aliphatic rings. The van der Waals surface area contributed by atoms with Crippen LogP contribution in [-0.4, -0.2) is 3.79 Å². The summed E-state index contributed by atoms with van der Waals surface area (Å²) in [5.74, 6) is 5.49. The molecule has 8 atom stereocenters. The van der Waals surface area contributed by atoms with Crippen molar-refractivity contribution in [3.63, 3.8) is 0 Å². The van der Waals surface area contributed by atoms with Crippen LogP contribution in [0.5, 0.6) is 0 Å². The first-order valence-electron chi connectivity index (χ1n) is 13.2. The van der Waals surface area contributed by atoms with Gasteiger partial charge in [0.15, 0.2) is 3.79 Å². The zero-order valence-corrected chi connectivity index (χ0v) is 22.8. The van der Waals surface area contributed by atoms with E-state index in [9.17, 15) is 0 Å². The molecule has 0 bridgehead atoms. The molecule has 0 aliphatic heterocycles. The third-order valence-corrected chi connectivity index (χ3v) is 11.7. The Morgan fingerprint density at radius 1 is 0.968 bits per heavy atom. The third kappa shape index (κ3) is 4.50. The summed E-state index contributed by atoms with van der Waals surface area (Å²) in [4.78, 5) is 0. The predicted molar refractivity (Wildman–Crippen MR) is 137 cm³/mol. The van der Waals surface area contributed by atoms with E-state index < -0.39 is 3.79 Å². The van der Waals surface area contributed by atoms with Crippen molar-refractivity contribution in [2.24, 2.45) is 52.3 Å². The van der Waals surface area contributed by atoms with Crippen molar-refractivity contribution >= 4 is 34.8 Å². The highest BCUT2D eigenvalue weighted by atomic mass is 35.6. The van der Waals surface area contributed by atoms with Gasteiger partial charge in [-0.2, -0.15) is 0 Å². The first-order chi connectivity index (χ1) is 14.5. The van der Waals surface area contributed by atoms with E-state index in [1.54, 1.807) is 5.57 Å². The Morgan fingerprint density at radius 3 is 2.39 bits per heavy atom. The maximum Gasteiger partial charge on any atom is 0.193 e. The van der Waals surface area contributed by atoms with Crippen molar-refractivity contribution in [1.29, 1.82) is 0 Å². The molecule has 31 heavy (non-hydrogen) atoms. The molecule has 0 aromatic heterocycles. The fourth-order valence-corrected chi connectivity index (χ4v) is 9.52. The molecule has 0 radical (unpaired) electrons. The lowest BCUT2D eigenvalue weighted by Crippen LogP contribution is -2.51. The van der Waals surface area contributed by atoms with Crippen molar-refractivity contribution in [3.8, 4) is 0 Å². The third-order valence-electron chi connectivity index (χ3n) is 10.8. The first kappa shape index (κ1) is 24.7. The Labute approximate surface area is 207 Å². The molecule has 0 heterocycles. The number of halogens is 3. The summed E-state index contributed by atoms with van der Waals surface area (Å²) >= 11 is 19.0. The van der Waals surface area contributed by atoms with Gasteiger partial charge in [0.25, 0.3) is 0 Å². The van der Waals surface area contributed by atoms with Gasteiger partial charge in [-0.05, 0) is 97.7 Å². The lowest BCUT2D eigenvalue weighted by Gasteiger charge is -2.59. The molecule has 3 heteroatoms. The van der Waals surface area contributed by atoms with Gasteiger partial charge in [-0.3, -0.25) is 0 Å². The van der Waals surface area contributed by atoms with E-state index in [1.165, 1.54) is 57.8 Å². The van der Waals surface area contributed by atoms with Crippen LogP contribution in [0.2, 0.25) is 0 Å². The average Bonchev–Trinajstić information content (AvgIpc) is 3.03. The van der Waals surface area contributed by atoms with Gasteiger partial charge in [-0.15, -0.1) is 0 Å². The van der Waals surface area contributed by atoms with Gasteiger partial charge in [0.1, 0.15) is 0 Å². The van der Waals surface area contributed by atoms with Gasteiger partial charge in [-0.25, -0.2) is 0 Å². The standard InChI is InChI=1S/C28H45Cl3/c1-18(2)7-6-8-19(3)23-11-12-24-22-10-9-20-17-21(28(29,30)31)13-15-26(20,4)25(22)14-16-27(23,24)5/h9,18-19,21-25H,6-8,10-17H2,1-5H3/t19-,21?,22?,23-,24?,25?,26+,27-/m1/s1. The summed E-state index contributed by atoms with van der Waals surface area (Å²) in [6.07, 6.45) is 17.2. The second-order valence-corrected chi connectivity index (χ2v) is 15.1. The predicted octanol–water partition coefficient (Wildman–Crippen LogP) is 10.0. The molecule has 0 aromatic rings. The smallest absolute Gasteiger partial charge is 0.0845 e. The van der Waals surface area contributed by atoms with Crippen LogP contribution in [0.25, 0.3) is 0 Å². The van der Waals surface area contributed by atoms with E-state index in [0.29, 0.717) is 10.8 Å². The van der Waals surface area contributed by atoms with Gasteiger partial charge < -0.3 is 0 Å². The van der Waals surface area contributed by atoms with Crippen LogP contribution in [0.4, 0.5) is 0 Å². The number of fused-ring (bicyclic) bond motifs is 5. The fourth-order valence-electron chi connectivity index (χ4n) is 8.96. The first-order valence-corrected chi connectivity index (χ1v) is 14.4. The van der Waals surface area contributed by atoms with Gasteiger partial charge in [0.2, 0.25) is 0 Å². The number of hydrogen-bond acceptors (Lipinski definition) is 0. The van der Waals surface area contributed by atoms with Crippen LogP contribution in [0.1, 0.15) is 105 Å². The molecule has 3 fully saturated rings. The average molecular weight is 488 g/mol. The molecule has 0 amide bonds. The number of rotatable bonds is 5. The van der Waals surface area contributed by atoms with Crippen LogP contribution in [0.3, 0.4) is 0 Å². The summed E-state index contributed by atoms with van der Waals surface area (Å²) in [6.45, 7) is 12.6. The van der Waals surface area contributed by atoms with Crippen LogP contribution in [0.15, 0.2) is 11.6 Å². The second-order valence-electron chi connectivity index (χ2n) is 12.8. The monoisotopic (exact) mass is 486 g/mol. The highest BCUT2D eigenvalue weighted by molar-refractivity contribution is 6.67. The summed E-state index contributed by atoms with van der Waals surface area (Å²) in [5, 5.41) is 0. The van der Waals surface area contributed by atoms with Crippen molar-refractivity contribution < 1.29 is 0 Å². The molecule has 0 N–H and O–H groups in total. The highest BCUT2D eigenvalue weighted by Gasteiger charge is 2.59. The summed E-state index contributed by atoms with van der Waals surface area (Å²) in [7, 11) is 0.